The average Bonchev–Trinajstić information content (AvgIpc) is 3.12. The van der Waals surface area contributed by atoms with Crippen LogP contribution in [0.3, 0.4) is 0 Å². The first-order valence-electron chi connectivity index (χ1n) is 15.4. The van der Waals surface area contributed by atoms with Gasteiger partial charge in [-0.2, -0.15) is 43.9 Å². The minimum Gasteiger partial charge on any atom is -0.398 e. The Morgan fingerprint density at radius 1 is 0.411 bits per heavy atom. The molecule has 0 aliphatic carbocycles. The number of azo groups is 2. The molecule has 6 aromatic rings. The van der Waals surface area contributed by atoms with E-state index in [4.69, 9.17) is 11.5 Å². The lowest BCUT2D eigenvalue weighted by molar-refractivity contribution is 0.480. The Bertz CT molecular complexity index is 2960. The van der Waals surface area contributed by atoms with Crippen LogP contribution in [0.5, 0.6) is 0 Å². The van der Waals surface area contributed by atoms with Crippen LogP contribution in [0.2, 0.25) is 0 Å². The summed E-state index contributed by atoms with van der Waals surface area (Å²) in [5.41, 5.74) is 12.4. The van der Waals surface area contributed by atoms with Crippen molar-refractivity contribution in [2.24, 2.45) is 20.5 Å². The summed E-state index contributed by atoms with van der Waals surface area (Å²) >= 11 is 0. The first-order chi connectivity index (χ1) is 26.1. The highest BCUT2D eigenvalue weighted by Gasteiger charge is 2.19. The summed E-state index contributed by atoms with van der Waals surface area (Å²) in [6.45, 7) is 0. The van der Waals surface area contributed by atoms with Gasteiger partial charge in [-0.25, -0.2) is 0 Å². The third-order valence-corrected chi connectivity index (χ3v) is 11.7. The lowest BCUT2D eigenvalue weighted by atomic mass is 10.1. The van der Waals surface area contributed by atoms with Gasteiger partial charge in [-0.15, -0.1) is 10.2 Å². The van der Waals surface area contributed by atoms with Crippen molar-refractivity contribution in [3.8, 4) is 0 Å². The number of rotatable bonds is 10. The minimum atomic E-state index is -4.90. The van der Waals surface area contributed by atoms with E-state index in [-0.39, 0.29) is 56.0 Å². The Balaban J connectivity index is 1.31. The molecule has 56 heavy (non-hydrogen) atoms. The smallest absolute Gasteiger partial charge is 0.295 e. The van der Waals surface area contributed by atoms with Gasteiger partial charge in [0.05, 0.1) is 32.5 Å². The fourth-order valence-corrected chi connectivity index (χ4v) is 7.88. The van der Waals surface area contributed by atoms with E-state index >= 15 is 0 Å². The third kappa shape index (κ3) is 8.61. The molecule has 0 fully saturated rings. The standard InChI is InChI=1S/C34H26N6O12S4/c35-29-11-13-31(25-9-7-23(17-27(25)29)53(41,42)43)39-37-21-5-3-19(33(15-21)55(47,48)49)1-2-20-4-6-22(16-34(20)56(50,51)52)38-40-32-14-12-30(36)28-18-24(54(44,45)46)8-10-26(28)32/h1-18H,35-36H2,(H,41,42,43)(H,44,45,46)(H,47,48,49)(H,50,51,52)/b2-1+,39-37?,40-38?. The molecular weight excluding hydrogens is 813 g/mol. The molecule has 0 spiro atoms. The molecule has 0 saturated heterocycles. The molecule has 0 aliphatic heterocycles. The first-order valence-corrected chi connectivity index (χ1v) is 21.2. The molecule has 18 nitrogen and oxygen atoms in total. The van der Waals surface area contributed by atoms with Crippen LogP contribution >= 0.6 is 0 Å². The minimum absolute atomic E-state index is 0.0459. The second-order valence-electron chi connectivity index (χ2n) is 11.8. The molecule has 6 rings (SSSR count). The van der Waals surface area contributed by atoms with Gasteiger partial charge >= 0.3 is 0 Å². The molecule has 0 amide bonds. The molecule has 6 aromatic carbocycles. The van der Waals surface area contributed by atoms with Crippen molar-refractivity contribution in [2.45, 2.75) is 19.6 Å². The summed E-state index contributed by atoms with van der Waals surface area (Å²) in [5, 5.41) is 17.5. The van der Waals surface area contributed by atoms with E-state index in [2.05, 4.69) is 20.5 Å². The molecule has 0 atom stereocenters. The van der Waals surface area contributed by atoms with E-state index in [0.717, 1.165) is 48.6 Å². The molecule has 0 aromatic heterocycles. The fraction of sp³-hybridized carbons (Fsp3) is 0. The van der Waals surface area contributed by atoms with Crippen LogP contribution in [0, 0.1) is 0 Å². The summed E-state index contributed by atoms with van der Waals surface area (Å²) < 4.78 is 135. The number of benzene rings is 6. The molecule has 8 N–H and O–H groups in total. The van der Waals surface area contributed by atoms with E-state index in [1.54, 1.807) is 0 Å². The van der Waals surface area contributed by atoms with E-state index in [9.17, 15) is 51.9 Å². The van der Waals surface area contributed by atoms with Gasteiger partial charge in [0.1, 0.15) is 9.79 Å². The van der Waals surface area contributed by atoms with Crippen LogP contribution in [-0.2, 0) is 40.5 Å². The van der Waals surface area contributed by atoms with Crippen LogP contribution in [0.4, 0.5) is 34.1 Å². The highest BCUT2D eigenvalue weighted by Crippen LogP contribution is 2.36. The largest absolute Gasteiger partial charge is 0.398 e. The van der Waals surface area contributed by atoms with E-state index in [1.807, 2.05) is 0 Å². The van der Waals surface area contributed by atoms with Crippen LogP contribution in [0.1, 0.15) is 11.1 Å². The van der Waals surface area contributed by atoms with Crippen molar-refractivity contribution < 1.29 is 51.9 Å². The number of hydrogen-bond donors (Lipinski definition) is 6. The van der Waals surface area contributed by atoms with Gasteiger partial charge in [-0.1, -0.05) is 36.4 Å². The van der Waals surface area contributed by atoms with Crippen LogP contribution in [0.25, 0.3) is 33.7 Å². The second-order valence-corrected chi connectivity index (χ2v) is 17.5. The van der Waals surface area contributed by atoms with Gasteiger partial charge in [0, 0.05) is 32.9 Å². The van der Waals surface area contributed by atoms with Gasteiger partial charge in [-0.3, -0.25) is 18.2 Å². The number of nitrogens with two attached hydrogens (primary N) is 2. The van der Waals surface area contributed by atoms with E-state index < -0.39 is 60.1 Å². The van der Waals surface area contributed by atoms with Gasteiger partial charge in [-0.05, 0) is 83.9 Å². The quantitative estimate of drug-likeness (QED) is 0.0345. The summed E-state index contributed by atoms with van der Waals surface area (Å²) in [4.78, 5) is -2.07. The average molecular weight is 839 g/mol. The SMILES string of the molecule is Nc1ccc(N=Nc2ccc(/C=C/c3ccc(N=Nc4ccc(N)c5cc(S(=O)(=O)O)ccc45)cc3S(=O)(=O)O)c(S(=O)(=O)O)c2)c2ccc(S(=O)(=O)O)cc12. The predicted octanol–water partition coefficient (Wildman–Crippen LogP) is 7.15. The number of fused-ring (bicyclic) bond motifs is 2. The highest BCUT2D eigenvalue weighted by atomic mass is 32.2. The zero-order valence-electron chi connectivity index (χ0n) is 28.0. The van der Waals surface area contributed by atoms with Crippen LogP contribution in [-0.4, -0.2) is 51.9 Å². The van der Waals surface area contributed by atoms with Gasteiger partial charge in [0.2, 0.25) is 0 Å². The van der Waals surface area contributed by atoms with Crippen molar-refractivity contribution in [3.05, 3.63) is 108 Å². The zero-order chi connectivity index (χ0) is 40.8. The summed E-state index contributed by atoms with van der Waals surface area (Å²) in [7, 11) is -18.9. The molecule has 0 radical (unpaired) electrons. The van der Waals surface area contributed by atoms with E-state index in [1.165, 1.54) is 60.7 Å². The number of nitrogen functional groups attached to an aromatic ring is 2. The molecule has 288 valence electrons. The highest BCUT2D eigenvalue weighted by molar-refractivity contribution is 7.86. The Morgan fingerprint density at radius 3 is 1.12 bits per heavy atom. The van der Waals surface area contributed by atoms with E-state index in [0.29, 0.717) is 10.8 Å². The topological polar surface area (TPSA) is 319 Å². The fourth-order valence-electron chi connectivity index (χ4n) is 5.46. The molecular formula is C34H26N6O12S4. The van der Waals surface area contributed by atoms with Crippen molar-refractivity contribution >= 4 is 108 Å². The maximum atomic E-state index is 12.4. The monoisotopic (exact) mass is 838 g/mol. The maximum Gasteiger partial charge on any atom is 0.295 e. The second kappa shape index (κ2) is 14.6. The Labute approximate surface area is 318 Å². The Hall–Kier alpha value is -5.98. The number of anilines is 2. The lowest BCUT2D eigenvalue weighted by Crippen LogP contribution is -2.01. The van der Waals surface area contributed by atoms with Gasteiger partial charge in [0.15, 0.2) is 0 Å². The molecule has 0 unspecified atom stereocenters. The zero-order valence-corrected chi connectivity index (χ0v) is 31.3. The lowest BCUT2D eigenvalue weighted by Gasteiger charge is -2.08. The van der Waals surface area contributed by atoms with Crippen molar-refractivity contribution in [1.82, 2.24) is 0 Å². The molecule has 0 bridgehead atoms. The Morgan fingerprint density at radius 2 is 0.786 bits per heavy atom. The predicted molar refractivity (Wildman–Crippen MR) is 206 cm³/mol. The summed E-state index contributed by atoms with van der Waals surface area (Å²) in [5.74, 6) is 0. The van der Waals surface area contributed by atoms with Crippen LogP contribution < -0.4 is 11.5 Å². The Kier molecular flexibility index (Phi) is 10.3. The van der Waals surface area contributed by atoms with Crippen molar-refractivity contribution in [3.63, 3.8) is 0 Å². The van der Waals surface area contributed by atoms with Gasteiger partial charge in [0.25, 0.3) is 40.5 Å². The normalized spacial score (nSPS) is 13.1. The van der Waals surface area contributed by atoms with Crippen molar-refractivity contribution in [1.29, 1.82) is 0 Å². The molecule has 0 aliphatic rings. The third-order valence-electron chi connectivity index (χ3n) is 8.13. The van der Waals surface area contributed by atoms with Gasteiger partial charge < -0.3 is 11.5 Å². The maximum absolute atomic E-state index is 12.4. The molecule has 0 saturated carbocycles. The number of nitrogens with zero attached hydrogens (tertiary/aromatic N) is 4. The first kappa shape index (κ1) is 39.7. The molecule has 22 heteroatoms. The summed E-state index contributed by atoms with van der Waals surface area (Å²) in [6, 6.07) is 20.2. The van der Waals surface area contributed by atoms with Crippen molar-refractivity contribution in [2.75, 3.05) is 11.5 Å². The summed E-state index contributed by atoms with van der Waals surface area (Å²) in [6.07, 6.45) is 2.33. The van der Waals surface area contributed by atoms with Crippen LogP contribution in [0.15, 0.2) is 137 Å². The molecule has 0 heterocycles. The number of hydrogen-bond acceptors (Lipinski definition) is 14.